The van der Waals surface area contributed by atoms with Crippen molar-refractivity contribution in [2.24, 2.45) is 0 Å². The largest absolute Gasteiger partial charge is 0.492 e. The molecule has 2 amide bonds. The van der Waals surface area contributed by atoms with Crippen LogP contribution in [0.15, 0.2) is 48.5 Å². The van der Waals surface area contributed by atoms with Crippen molar-refractivity contribution in [3.63, 3.8) is 0 Å². The van der Waals surface area contributed by atoms with Gasteiger partial charge in [0.25, 0.3) is 0 Å². The third kappa shape index (κ3) is 7.10. The molecule has 1 atom stereocenters. The number of hydrogen-bond donors (Lipinski definition) is 1. The van der Waals surface area contributed by atoms with Gasteiger partial charge in [-0.3, -0.25) is 13.9 Å². The maximum absolute atomic E-state index is 13.5. The molecule has 0 spiro atoms. The lowest BCUT2D eigenvalue weighted by atomic mass is 10.1. The molecule has 0 aliphatic heterocycles. The average Bonchev–Trinajstić information content (AvgIpc) is 2.78. The fourth-order valence-corrected chi connectivity index (χ4v) is 4.39. The standard InChI is InChI=1S/C23H30ClN3O5S/c1-5-19(23(29)25-3)26(15-17-11-13-18(24)14-12-17)22(28)16-27(33(4,30)31)20-9-7-8-10-21(20)32-6-2/h7-14,19H,5-6,15-16H2,1-4H3,(H,25,29)/t19-/m0/s1. The molecule has 10 heteroatoms. The maximum Gasteiger partial charge on any atom is 0.244 e. The van der Waals surface area contributed by atoms with Gasteiger partial charge in [0.1, 0.15) is 18.3 Å². The molecule has 0 heterocycles. The first-order valence-electron chi connectivity index (χ1n) is 10.6. The molecule has 0 fully saturated rings. The summed E-state index contributed by atoms with van der Waals surface area (Å²) in [5, 5.41) is 3.13. The van der Waals surface area contributed by atoms with E-state index in [4.69, 9.17) is 16.3 Å². The van der Waals surface area contributed by atoms with Crippen LogP contribution in [0, 0.1) is 0 Å². The Balaban J connectivity index is 2.46. The molecule has 0 saturated carbocycles. The number of carbonyl (C=O) groups is 2. The number of para-hydroxylation sites is 2. The smallest absolute Gasteiger partial charge is 0.244 e. The van der Waals surface area contributed by atoms with Crippen LogP contribution in [-0.4, -0.2) is 57.6 Å². The molecular weight excluding hydrogens is 466 g/mol. The molecule has 2 aromatic carbocycles. The van der Waals surface area contributed by atoms with Crippen LogP contribution in [0.25, 0.3) is 0 Å². The highest BCUT2D eigenvalue weighted by Gasteiger charge is 2.32. The van der Waals surface area contributed by atoms with Gasteiger partial charge in [-0.25, -0.2) is 8.42 Å². The summed E-state index contributed by atoms with van der Waals surface area (Å²) in [5.74, 6) is -0.501. The van der Waals surface area contributed by atoms with Crippen molar-refractivity contribution in [3.8, 4) is 5.75 Å². The van der Waals surface area contributed by atoms with Crippen LogP contribution in [0.2, 0.25) is 5.02 Å². The summed E-state index contributed by atoms with van der Waals surface area (Å²) in [6.07, 6.45) is 1.38. The first kappa shape index (κ1) is 26.5. The molecule has 1 N–H and O–H groups in total. The molecule has 2 aromatic rings. The first-order valence-corrected chi connectivity index (χ1v) is 12.8. The van der Waals surface area contributed by atoms with E-state index in [2.05, 4.69) is 5.32 Å². The molecular formula is C23H30ClN3O5S. The number of carbonyl (C=O) groups excluding carboxylic acids is 2. The second-order valence-corrected chi connectivity index (χ2v) is 9.70. The number of anilines is 1. The van der Waals surface area contributed by atoms with Crippen molar-refractivity contribution in [2.75, 3.05) is 30.8 Å². The Hall–Kier alpha value is -2.78. The molecule has 8 nitrogen and oxygen atoms in total. The molecule has 33 heavy (non-hydrogen) atoms. The molecule has 0 unspecified atom stereocenters. The molecule has 0 aromatic heterocycles. The van der Waals surface area contributed by atoms with E-state index in [0.29, 0.717) is 23.8 Å². The lowest BCUT2D eigenvalue weighted by Gasteiger charge is -2.32. The van der Waals surface area contributed by atoms with Crippen LogP contribution < -0.4 is 14.4 Å². The van der Waals surface area contributed by atoms with Crippen molar-refractivity contribution < 1.29 is 22.7 Å². The minimum absolute atomic E-state index is 0.118. The second kappa shape index (κ2) is 11.9. The summed E-state index contributed by atoms with van der Waals surface area (Å²) in [6.45, 7) is 3.55. The van der Waals surface area contributed by atoms with E-state index in [9.17, 15) is 18.0 Å². The summed E-state index contributed by atoms with van der Waals surface area (Å²) in [5.41, 5.74) is 1.02. The third-order valence-corrected chi connectivity index (χ3v) is 6.39. The van der Waals surface area contributed by atoms with Crippen molar-refractivity contribution in [1.29, 1.82) is 0 Å². The van der Waals surface area contributed by atoms with Gasteiger partial charge < -0.3 is 15.0 Å². The van der Waals surface area contributed by atoms with Gasteiger partial charge in [0.2, 0.25) is 21.8 Å². The summed E-state index contributed by atoms with van der Waals surface area (Å²) in [6, 6.07) is 12.8. The van der Waals surface area contributed by atoms with Crippen LogP contribution in [0.5, 0.6) is 5.75 Å². The number of likely N-dealkylation sites (N-methyl/N-ethyl adjacent to an activating group) is 1. The fourth-order valence-electron chi connectivity index (χ4n) is 3.41. The van der Waals surface area contributed by atoms with Crippen LogP contribution in [-0.2, 0) is 26.2 Å². The Labute approximate surface area is 200 Å². The molecule has 0 radical (unpaired) electrons. The van der Waals surface area contributed by atoms with Gasteiger partial charge in [0.15, 0.2) is 0 Å². The molecule has 180 valence electrons. The monoisotopic (exact) mass is 495 g/mol. The van der Waals surface area contributed by atoms with Crippen LogP contribution in [0.3, 0.4) is 0 Å². The zero-order chi connectivity index (χ0) is 24.6. The van der Waals surface area contributed by atoms with Crippen LogP contribution in [0.4, 0.5) is 5.69 Å². The van der Waals surface area contributed by atoms with E-state index >= 15 is 0 Å². The molecule has 0 aliphatic carbocycles. The first-order chi connectivity index (χ1) is 15.6. The Kier molecular flexibility index (Phi) is 9.55. The topological polar surface area (TPSA) is 96.0 Å². The summed E-state index contributed by atoms with van der Waals surface area (Å²) < 4.78 is 31.9. The van der Waals surface area contributed by atoms with E-state index < -0.39 is 28.5 Å². The van der Waals surface area contributed by atoms with E-state index in [1.807, 2.05) is 0 Å². The number of rotatable bonds is 11. The molecule has 0 aliphatic rings. The minimum atomic E-state index is -3.84. The predicted octanol–water partition coefficient (Wildman–Crippen LogP) is 3.06. The Morgan fingerprint density at radius 1 is 1.09 bits per heavy atom. The minimum Gasteiger partial charge on any atom is -0.492 e. The summed E-state index contributed by atoms with van der Waals surface area (Å²) in [4.78, 5) is 27.4. The van der Waals surface area contributed by atoms with Crippen LogP contribution in [0.1, 0.15) is 25.8 Å². The number of ether oxygens (including phenoxy) is 1. The van der Waals surface area contributed by atoms with E-state index in [-0.39, 0.29) is 18.1 Å². The number of hydrogen-bond acceptors (Lipinski definition) is 5. The fraction of sp³-hybridized carbons (Fsp3) is 0.391. The highest BCUT2D eigenvalue weighted by atomic mass is 35.5. The predicted molar refractivity (Wildman–Crippen MR) is 130 cm³/mol. The van der Waals surface area contributed by atoms with E-state index in [1.54, 1.807) is 62.4 Å². The van der Waals surface area contributed by atoms with Crippen molar-refractivity contribution >= 4 is 39.1 Å². The van der Waals surface area contributed by atoms with Crippen molar-refractivity contribution in [2.45, 2.75) is 32.9 Å². The van der Waals surface area contributed by atoms with Crippen molar-refractivity contribution in [3.05, 3.63) is 59.1 Å². The zero-order valence-corrected chi connectivity index (χ0v) is 20.8. The van der Waals surface area contributed by atoms with Crippen LogP contribution >= 0.6 is 11.6 Å². The Morgan fingerprint density at radius 3 is 2.27 bits per heavy atom. The van der Waals surface area contributed by atoms with Gasteiger partial charge in [0.05, 0.1) is 18.6 Å². The van der Waals surface area contributed by atoms with Gasteiger partial charge in [-0.2, -0.15) is 0 Å². The maximum atomic E-state index is 13.5. The Bertz CT molecular complexity index is 1060. The number of nitrogens with one attached hydrogen (secondary N) is 1. The highest BCUT2D eigenvalue weighted by molar-refractivity contribution is 7.92. The number of sulfonamides is 1. The second-order valence-electron chi connectivity index (χ2n) is 7.36. The molecule has 0 saturated heterocycles. The normalized spacial score (nSPS) is 12.0. The number of nitrogens with zero attached hydrogens (tertiary/aromatic N) is 2. The zero-order valence-electron chi connectivity index (χ0n) is 19.2. The number of halogens is 1. The SMILES string of the molecule is CCOc1ccccc1N(CC(=O)N(Cc1ccc(Cl)cc1)[C@@H](CC)C(=O)NC)S(C)(=O)=O. The lowest BCUT2D eigenvalue weighted by Crippen LogP contribution is -2.51. The van der Waals surface area contributed by atoms with Crippen molar-refractivity contribution in [1.82, 2.24) is 10.2 Å². The van der Waals surface area contributed by atoms with Gasteiger partial charge in [0, 0.05) is 18.6 Å². The summed E-state index contributed by atoms with van der Waals surface area (Å²) in [7, 11) is -2.34. The third-order valence-electron chi connectivity index (χ3n) is 5.01. The molecule has 2 rings (SSSR count). The van der Waals surface area contributed by atoms with Gasteiger partial charge in [-0.05, 0) is 43.2 Å². The summed E-state index contributed by atoms with van der Waals surface area (Å²) >= 11 is 5.97. The molecule has 0 bridgehead atoms. The van der Waals surface area contributed by atoms with Gasteiger partial charge in [-0.1, -0.05) is 42.8 Å². The number of benzene rings is 2. The lowest BCUT2D eigenvalue weighted by molar-refractivity contribution is -0.140. The number of amides is 2. The Morgan fingerprint density at radius 2 is 1.73 bits per heavy atom. The van der Waals surface area contributed by atoms with E-state index in [0.717, 1.165) is 16.1 Å². The quantitative estimate of drug-likeness (QED) is 0.517. The van der Waals surface area contributed by atoms with E-state index in [1.165, 1.54) is 11.9 Å². The highest BCUT2D eigenvalue weighted by Crippen LogP contribution is 2.30. The average molecular weight is 496 g/mol. The van der Waals surface area contributed by atoms with Gasteiger partial charge in [-0.15, -0.1) is 0 Å². The van der Waals surface area contributed by atoms with Gasteiger partial charge >= 0.3 is 0 Å².